The molecule has 100 valence electrons. The molecule has 0 aliphatic heterocycles. The third kappa shape index (κ3) is 3.40. The summed E-state index contributed by atoms with van der Waals surface area (Å²) >= 11 is 3.52. The minimum absolute atomic E-state index is 0.190. The van der Waals surface area contributed by atoms with Gasteiger partial charge in [-0.2, -0.15) is 0 Å². The van der Waals surface area contributed by atoms with Gasteiger partial charge in [-0.15, -0.1) is 12.3 Å². The molecule has 1 aromatic heterocycles. The number of hydrogen-bond donors (Lipinski definition) is 1. The zero-order valence-electron chi connectivity index (χ0n) is 11.1. The second-order valence-electron chi connectivity index (χ2n) is 4.56. The van der Waals surface area contributed by atoms with Crippen molar-refractivity contribution in [1.82, 2.24) is 5.32 Å². The third-order valence-corrected chi connectivity index (χ3v) is 3.70. The fraction of sp³-hybridized carbons (Fsp3) is 0.375. The third-order valence-electron chi connectivity index (χ3n) is 3.08. The molecule has 3 heteroatoms. The normalized spacial score (nSPS) is 12.5. The molecule has 0 fully saturated rings. The number of benzene rings is 1. The molecule has 0 aliphatic rings. The van der Waals surface area contributed by atoms with Crippen LogP contribution < -0.4 is 5.32 Å². The van der Waals surface area contributed by atoms with E-state index in [0.717, 1.165) is 47.0 Å². The summed E-state index contributed by atoms with van der Waals surface area (Å²) in [6, 6.07) is 8.36. The number of hydrogen-bond acceptors (Lipinski definition) is 2. The Morgan fingerprint density at radius 3 is 3.00 bits per heavy atom. The second kappa shape index (κ2) is 6.79. The van der Waals surface area contributed by atoms with Gasteiger partial charge in [0.05, 0.1) is 10.5 Å². The molecule has 2 nitrogen and oxygen atoms in total. The average Bonchev–Trinajstić information content (AvgIpc) is 2.84. The molecule has 1 heterocycles. The van der Waals surface area contributed by atoms with Crippen LogP contribution in [0.5, 0.6) is 0 Å². The topological polar surface area (TPSA) is 25.2 Å². The first-order valence-electron chi connectivity index (χ1n) is 6.61. The van der Waals surface area contributed by atoms with E-state index in [9.17, 15) is 0 Å². The Morgan fingerprint density at radius 1 is 1.47 bits per heavy atom. The molecule has 2 aromatic rings. The molecule has 1 unspecified atom stereocenters. The fourth-order valence-corrected chi connectivity index (χ4v) is 2.57. The molecular weight excluding hydrogens is 302 g/mol. The Labute approximate surface area is 122 Å². The highest BCUT2D eigenvalue weighted by molar-refractivity contribution is 9.10. The zero-order valence-corrected chi connectivity index (χ0v) is 12.7. The monoisotopic (exact) mass is 319 g/mol. The minimum Gasteiger partial charge on any atom is -0.458 e. The first-order valence-corrected chi connectivity index (χ1v) is 7.40. The van der Waals surface area contributed by atoms with Crippen LogP contribution in [0.3, 0.4) is 0 Å². The molecule has 0 saturated carbocycles. The van der Waals surface area contributed by atoms with Gasteiger partial charge >= 0.3 is 0 Å². The van der Waals surface area contributed by atoms with Crippen LogP contribution in [0.4, 0.5) is 0 Å². The van der Waals surface area contributed by atoms with Crippen LogP contribution in [0.2, 0.25) is 0 Å². The molecule has 1 atom stereocenters. The van der Waals surface area contributed by atoms with Gasteiger partial charge in [0, 0.05) is 11.8 Å². The maximum absolute atomic E-state index is 5.98. The van der Waals surface area contributed by atoms with Gasteiger partial charge in [-0.05, 0) is 47.4 Å². The highest BCUT2D eigenvalue weighted by atomic mass is 79.9. The molecule has 0 saturated heterocycles. The first kappa shape index (κ1) is 14.2. The summed E-state index contributed by atoms with van der Waals surface area (Å²) in [5, 5.41) is 4.62. The van der Waals surface area contributed by atoms with E-state index in [2.05, 4.69) is 46.2 Å². The molecule has 2 rings (SSSR count). The van der Waals surface area contributed by atoms with Crippen molar-refractivity contribution in [3.05, 3.63) is 34.5 Å². The van der Waals surface area contributed by atoms with Crippen LogP contribution in [0.1, 0.15) is 38.0 Å². The van der Waals surface area contributed by atoms with E-state index in [4.69, 9.17) is 10.8 Å². The molecular formula is C16H18BrNO. The largest absolute Gasteiger partial charge is 0.458 e. The van der Waals surface area contributed by atoms with Crippen LogP contribution in [-0.4, -0.2) is 6.54 Å². The van der Waals surface area contributed by atoms with E-state index < -0.39 is 0 Å². The number of rotatable bonds is 6. The lowest BCUT2D eigenvalue weighted by Crippen LogP contribution is -2.21. The minimum atomic E-state index is 0.190. The lowest BCUT2D eigenvalue weighted by atomic mass is 10.1. The van der Waals surface area contributed by atoms with E-state index in [1.807, 2.05) is 12.1 Å². The van der Waals surface area contributed by atoms with Crippen LogP contribution in [-0.2, 0) is 0 Å². The maximum Gasteiger partial charge on any atom is 0.148 e. The van der Waals surface area contributed by atoms with Gasteiger partial charge in [-0.3, -0.25) is 0 Å². The quantitative estimate of drug-likeness (QED) is 0.784. The van der Waals surface area contributed by atoms with Gasteiger partial charge in [-0.25, -0.2) is 0 Å². The van der Waals surface area contributed by atoms with Gasteiger partial charge < -0.3 is 9.73 Å². The maximum atomic E-state index is 5.98. The van der Waals surface area contributed by atoms with E-state index in [1.165, 1.54) is 0 Å². The Morgan fingerprint density at radius 2 is 2.32 bits per heavy atom. The summed E-state index contributed by atoms with van der Waals surface area (Å²) in [6.45, 7) is 3.12. The first-order chi connectivity index (χ1) is 9.26. The molecule has 1 N–H and O–H groups in total. The number of fused-ring (bicyclic) bond motifs is 1. The number of para-hydroxylation sites is 1. The van der Waals surface area contributed by atoms with Crippen molar-refractivity contribution in [3.8, 4) is 12.3 Å². The summed E-state index contributed by atoms with van der Waals surface area (Å²) in [6.07, 6.45) is 8.11. The Kier molecular flexibility index (Phi) is 5.07. The van der Waals surface area contributed by atoms with Crippen molar-refractivity contribution in [1.29, 1.82) is 0 Å². The molecule has 1 aromatic carbocycles. The van der Waals surface area contributed by atoms with Crippen molar-refractivity contribution < 1.29 is 4.42 Å². The highest BCUT2D eigenvalue weighted by Crippen LogP contribution is 2.31. The van der Waals surface area contributed by atoms with Crippen molar-refractivity contribution in [2.75, 3.05) is 6.54 Å². The smallest absolute Gasteiger partial charge is 0.148 e. The summed E-state index contributed by atoms with van der Waals surface area (Å²) in [5.41, 5.74) is 0.904. The van der Waals surface area contributed by atoms with Crippen LogP contribution in [0, 0.1) is 12.3 Å². The van der Waals surface area contributed by atoms with Crippen molar-refractivity contribution in [2.45, 2.75) is 32.2 Å². The number of nitrogens with one attached hydrogen (secondary N) is 1. The Hall–Kier alpha value is -1.24. The van der Waals surface area contributed by atoms with Crippen molar-refractivity contribution in [2.24, 2.45) is 0 Å². The van der Waals surface area contributed by atoms with E-state index >= 15 is 0 Å². The van der Waals surface area contributed by atoms with E-state index in [0.29, 0.717) is 0 Å². The fourth-order valence-electron chi connectivity index (χ4n) is 2.11. The van der Waals surface area contributed by atoms with E-state index in [1.54, 1.807) is 0 Å². The predicted octanol–water partition coefficient (Wildman–Crippen LogP) is 4.65. The molecule has 0 spiro atoms. The van der Waals surface area contributed by atoms with Gasteiger partial charge in [0.2, 0.25) is 0 Å². The number of terminal acetylenes is 1. The van der Waals surface area contributed by atoms with Crippen molar-refractivity contribution in [3.63, 3.8) is 0 Å². The average molecular weight is 320 g/mol. The van der Waals surface area contributed by atoms with E-state index in [-0.39, 0.29) is 6.04 Å². The summed E-state index contributed by atoms with van der Waals surface area (Å²) in [5.74, 6) is 3.66. The second-order valence-corrected chi connectivity index (χ2v) is 5.41. The summed E-state index contributed by atoms with van der Waals surface area (Å²) in [7, 11) is 0. The molecule has 19 heavy (non-hydrogen) atoms. The SMILES string of the molecule is C#CCCC(NCCC)c1cc2cccc(Br)c2o1. The molecule has 0 aliphatic carbocycles. The van der Waals surface area contributed by atoms with Gasteiger partial charge in [0.25, 0.3) is 0 Å². The zero-order chi connectivity index (χ0) is 13.7. The van der Waals surface area contributed by atoms with Crippen LogP contribution in [0.25, 0.3) is 11.0 Å². The Bertz CT molecular complexity index is 582. The molecule has 0 bridgehead atoms. The number of furan rings is 1. The van der Waals surface area contributed by atoms with Crippen LogP contribution in [0.15, 0.2) is 33.2 Å². The van der Waals surface area contributed by atoms with Gasteiger partial charge in [0.15, 0.2) is 0 Å². The summed E-state index contributed by atoms with van der Waals surface area (Å²) in [4.78, 5) is 0. The lowest BCUT2D eigenvalue weighted by molar-refractivity contribution is 0.413. The predicted molar refractivity (Wildman–Crippen MR) is 83.0 cm³/mol. The van der Waals surface area contributed by atoms with Gasteiger partial charge in [0.1, 0.15) is 11.3 Å². The number of halogens is 1. The van der Waals surface area contributed by atoms with Gasteiger partial charge in [-0.1, -0.05) is 19.1 Å². The van der Waals surface area contributed by atoms with Crippen molar-refractivity contribution >= 4 is 26.9 Å². The summed E-state index contributed by atoms with van der Waals surface area (Å²) < 4.78 is 6.97. The Balaban J connectivity index is 2.27. The van der Waals surface area contributed by atoms with Crippen LogP contribution >= 0.6 is 15.9 Å². The molecule has 0 amide bonds. The highest BCUT2D eigenvalue weighted by Gasteiger charge is 2.16. The standard InChI is InChI=1S/C16H18BrNO/c1-3-5-9-14(18-10-4-2)15-11-12-7-6-8-13(17)16(12)19-15/h1,6-8,11,14,18H,4-5,9-10H2,2H3. The molecule has 0 radical (unpaired) electrons. The lowest BCUT2D eigenvalue weighted by Gasteiger charge is -2.14.